The summed E-state index contributed by atoms with van der Waals surface area (Å²) in [4.78, 5) is 3.35. The van der Waals surface area contributed by atoms with Gasteiger partial charge in [-0.05, 0) is 41.1 Å². The van der Waals surface area contributed by atoms with E-state index in [0.717, 1.165) is 19.1 Å². The third kappa shape index (κ3) is 3.30. The maximum absolute atomic E-state index is 12.6. The topological polar surface area (TPSA) is 12.4 Å². The molecule has 0 fully saturated rings. The third-order valence-electron chi connectivity index (χ3n) is 1.61. The highest BCUT2D eigenvalue weighted by molar-refractivity contribution is 9.10. The first-order valence-corrected chi connectivity index (χ1v) is 4.67. The Balaban J connectivity index is 3.09. The Labute approximate surface area is 92.0 Å². The number of aliphatic imine (C=N–C) groups is 1. The quantitative estimate of drug-likeness (QED) is 0.540. The molecule has 0 aliphatic rings. The van der Waals surface area contributed by atoms with Crippen molar-refractivity contribution >= 4 is 27.3 Å². The van der Waals surface area contributed by atoms with E-state index in [1.54, 1.807) is 0 Å². The minimum atomic E-state index is -4.46. The second-order valence-corrected chi connectivity index (χ2v) is 3.65. The first-order chi connectivity index (χ1) is 6.80. The molecular weight excluding hydrogens is 278 g/mol. The number of alkyl halides is 3. The molecule has 1 rings (SSSR count). The van der Waals surface area contributed by atoms with E-state index < -0.39 is 17.7 Å². The summed E-state index contributed by atoms with van der Waals surface area (Å²) in [6, 6.07) is 3.28. The zero-order valence-corrected chi connectivity index (χ0v) is 9.16. The molecule has 0 aromatic heterocycles. The van der Waals surface area contributed by atoms with Crippen molar-refractivity contribution in [3.63, 3.8) is 0 Å². The molecule has 15 heavy (non-hydrogen) atoms. The fourth-order valence-corrected chi connectivity index (χ4v) is 1.26. The van der Waals surface area contributed by atoms with Crippen molar-refractivity contribution in [2.24, 2.45) is 4.99 Å². The first kappa shape index (κ1) is 12.2. The summed E-state index contributed by atoms with van der Waals surface area (Å²) >= 11 is 2.93. The number of nitrogens with zero attached hydrogens (tertiary/aromatic N) is 1. The normalized spacial score (nSPS) is 13.1. The van der Waals surface area contributed by atoms with E-state index in [9.17, 15) is 17.6 Å². The van der Waals surface area contributed by atoms with Crippen LogP contribution in [0.4, 0.5) is 23.2 Å². The average molecular weight is 284 g/mol. The molecule has 1 aromatic carbocycles. The molecule has 0 N–H and O–H groups in total. The number of halogens is 5. The van der Waals surface area contributed by atoms with E-state index in [4.69, 9.17) is 0 Å². The number of hydrogen-bond acceptors (Lipinski definition) is 1. The molecule has 0 atom stereocenters. The molecule has 0 amide bonds. The van der Waals surface area contributed by atoms with Crippen LogP contribution in [0.3, 0.4) is 0 Å². The summed E-state index contributed by atoms with van der Waals surface area (Å²) in [7, 11) is 0. The maximum Gasteiger partial charge on any atom is 0.429 e. The summed E-state index contributed by atoms with van der Waals surface area (Å²) in [5, 5.41) is 0. The highest BCUT2D eigenvalue weighted by atomic mass is 79.9. The Hall–Kier alpha value is -0.910. The zero-order chi connectivity index (χ0) is 11.6. The van der Waals surface area contributed by atoms with Gasteiger partial charge in [0, 0.05) is 4.47 Å². The van der Waals surface area contributed by atoms with Gasteiger partial charge in [0.05, 0.1) is 5.69 Å². The maximum atomic E-state index is 12.6. The predicted octanol–water partition coefficient (Wildman–Crippen LogP) is 4.24. The van der Waals surface area contributed by atoms with Gasteiger partial charge in [0.25, 0.3) is 0 Å². The van der Waals surface area contributed by atoms with E-state index in [2.05, 4.69) is 20.9 Å². The van der Waals surface area contributed by atoms with Crippen LogP contribution >= 0.6 is 15.9 Å². The fraction of sp³-hybridized carbons (Fsp3) is 0.222. The minimum absolute atomic E-state index is 0.0474. The lowest BCUT2D eigenvalue weighted by Crippen LogP contribution is -2.18. The van der Waals surface area contributed by atoms with Gasteiger partial charge in [0.15, 0.2) is 0 Å². The predicted molar refractivity (Wildman–Crippen MR) is 52.9 cm³/mol. The van der Waals surface area contributed by atoms with Gasteiger partial charge < -0.3 is 0 Å². The lowest BCUT2D eigenvalue weighted by atomic mass is 10.3. The van der Waals surface area contributed by atoms with E-state index in [0.29, 0.717) is 0 Å². The van der Waals surface area contributed by atoms with Crippen LogP contribution < -0.4 is 0 Å². The molecule has 1 nitrogen and oxygen atoms in total. The third-order valence-corrected chi connectivity index (χ3v) is 2.24. The summed E-state index contributed by atoms with van der Waals surface area (Å²) in [6.45, 7) is 0.857. The van der Waals surface area contributed by atoms with E-state index in [1.807, 2.05) is 0 Å². The van der Waals surface area contributed by atoms with Gasteiger partial charge in [-0.2, -0.15) is 13.2 Å². The molecule has 6 heteroatoms. The summed E-state index contributed by atoms with van der Waals surface area (Å²) < 4.78 is 49.2. The Morgan fingerprint density at radius 1 is 1.33 bits per heavy atom. The van der Waals surface area contributed by atoms with Crippen LogP contribution in [-0.2, 0) is 0 Å². The monoisotopic (exact) mass is 283 g/mol. The van der Waals surface area contributed by atoms with E-state index >= 15 is 0 Å². The van der Waals surface area contributed by atoms with Gasteiger partial charge >= 0.3 is 6.18 Å². The van der Waals surface area contributed by atoms with Gasteiger partial charge in [-0.1, -0.05) is 0 Å². The lowest BCUT2D eigenvalue weighted by Gasteiger charge is -2.06. The molecule has 1 aromatic rings. The van der Waals surface area contributed by atoms with Crippen molar-refractivity contribution in [1.29, 1.82) is 0 Å². The minimum Gasteiger partial charge on any atom is -0.248 e. The fourth-order valence-electron chi connectivity index (χ4n) is 0.816. The highest BCUT2D eigenvalue weighted by Gasteiger charge is 2.31. The summed E-state index contributed by atoms with van der Waals surface area (Å²) in [5.41, 5.74) is -0.930. The molecule has 82 valence electrons. The lowest BCUT2D eigenvalue weighted by molar-refractivity contribution is -0.0591. The zero-order valence-electron chi connectivity index (χ0n) is 7.57. The second-order valence-electron chi connectivity index (χ2n) is 2.79. The van der Waals surface area contributed by atoms with Crippen LogP contribution in [0.25, 0.3) is 0 Å². The Kier molecular flexibility index (Phi) is 3.49. The Morgan fingerprint density at radius 3 is 2.40 bits per heavy atom. The van der Waals surface area contributed by atoms with Crippen molar-refractivity contribution in [2.75, 3.05) is 0 Å². The van der Waals surface area contributed by atoms with Crippen LogP contribution in [-0.4, -0.2) is 11.9 Å². The SMILES string of the molecule is CC(=Nc1ccc(F)cc1Br)C(F)(F)F. The summed E-state index contributed by atoms with van der Waals surface area (Å²) in [5.74, 6) is -0.537. The second kappa shape index (κ2) is 4.30. The molecule has 0 unspecified atom stereocenters. The van der Waals surface area contributed by atoms with E-state index in [1.165, 1.54) is 6.07 Å². The first-order valence-electron chi connectivity index (χ1n) is 3.88. The van der Waals surface area contributed by atoms with Crippen LogP contribution in [0.1, 0.15) is 6.92 Å². The molecule has 0 aliphatic heterocycles. The van der Waals surface area contributed by atoms with Crippen LogP contribution in [0, 0.1) is 5.82 Å². The largest absolute Gasteiger partial charge is 0.429 e. The van der Waals surface area contributed by atoms with Gasteiger partial charge in [0.1, 0.15) is 11.5 Å². The van der Waals surface area contributed by atoms with E-state index in [-0.39, 0.29) is 10.2 Å². The number of hydrogen-bond donors (Lipinski definition) is 0. The standard InChI is InChI=1S/C9H6BrF4N/c1-5(9(12,13)14)15-8-3-2-6(11)4-7(8)10/h2-4H,1H3. The van der Waals surface area contributed by atoms with Crippen LogP contribution in [0.5, 0.6) is 0 Å². The number of rotatable bonds is 1. The molecule has 0 bridgehead atoms. The van der Waals surface area contributed by atoms with Gasteiger partial charge in [-0.3, -0.25) is 0 Å². The van der Waals surface area contributed by atoms with Crippen LogP contribution in [0.2, 0.25) is 0 Å². The molecule has 0 radical (unpaired) electrons. The molecule has 0 spiro atoms. The molecule has 0 aliphatic carbocycles. The molecular formula is C9H6BrF4N. The van der Waals surface area contributed by atoms with Gasteiger partial charge in [-0.15, -0.1) is 0 Å². The Morgan fingerprint density at radius 2 is 1.93 bits per heavy atom. The smallest absolute Gasteiger partial charge is 0.248 e. The van der Waals surface area contributed by atoms with Crippen LogP contribution in [0.15, 0.2) is 27.7 Å². The molecule has 0 heterocycles. The van der Waals surface area contributed by atoms with Gasteiger partial charge in [0.2, 0.25) is 0 Å². The van der Waals surface area contributed by atoms with Gasteiger partial charge in [-0.25, -0.2) is 9.38 Å². The summed E-state index contributed by atoms with van der Waals surface area (Å²) in [6.07, 6.45) is -4.46. The molecule has 0 saturated carbocycles. The van der Waals surface area contributed by atoms with Crippen molar-refractivity contribution < 1.29 is 17.6 Å². The van der Waals surface area contributed by atoms with Crippen molar-refractivity contribution in [3.05, 3.63) is 28.5 Å². The number of benzene rings is 1. The van der Waals surface area contributed by atoms with Crippen molar-refractivity contribution in [1.82, 2.24) is 0 Å². The Bertz CT molecular complexity index is 398. The van der Waals surface area contributed by atoms with Crippen molar-refractivity contribution in [2.45, 2.75) is 13.1 Å². The van der Waals surface area contributed by atoms with Crippen molar-refractivity contribution in [3.8, 4) is 0 Å². The average Bonchev–Trinajstić information content (AvgIpc) is 2.08. The molecule has 0 saturated heterocycles. The highest BCUT2D eigenvalue weighted by Crippen LogP contribution is 2.28.